The van der Waals surface area contributed by atoms with Gasteiger partial charge in [0.2, 0.25) is 0 Å². The lowest BCUT2D eigenvalue weighted by Gasteiger charge is -2.42. The summed E-state index contributed by atoms with van der Waals surface area (Å²) in [5.74, 6) is -0.375. The summed E-state index contributed by atoms with van der Waals surface area (Å²) in [5.41, 5.74) is 4.41. The van der Waals surface area contributed by atoms with Crippen molar-refractivity contribution < 1.29 is 22.3 Å². The van der Waals surface area contributed by atoms with Crippen LogP contribution in [0.15, 0.2) is 63.7 Å². The fraction of sp³-hybridized carbons (Fsp3) is 0.320. The third-order valence-corrected chi connectivity index (χ3v) is 6.33. The molecule has 2 atom stereocenters. The summed E-state index contributed by atoms with van der Waals surface area (Å²) in [6, 6.07) is 13.8. The Kier molecular flexibility index (Phi) is 5.85. The molecule has 0 saturated heterocycles. The first-order valence-electron chi connectivity index (χ1n) is 10.6. The number of nitrogens with zero attached hydrogens (tertiary/aromatic N) is 3. The van der Waals surface area contributed by atoms with E-state index in [9.17, 15) is 29.0 Å². The van der Waals surface area contributed by atoms with E-state index >= 15 is 0 Å². The molecular formula is C25H19F3N4O2. The number of furan rings is 1. The standard InChI is InChI=1S/C25H19F3N4O2/c26-25(27,28)15-4-3-5-16(10-15)33-12-17-8-9-21(34-17)22-19-7-2-1-6-18(19)20(11-29)23(32)24(22,13-30)14-31/h3-6,8-10,19,22H,1-2,7,12,32H2. The Hall–Kier alpha value is -4.16. The molecule has 1 aromatic heterocycles. The highest BCUT2D eigenvalue weighted by Gasteiger charge is 2.55. The van der Waals surface area contributed by atoms with E-state index in [1.54, 1.807) is 12.1 Å². The second-order valence-electron chi connectivity index (χ2n) is 8.22. The smallest absolute Gasteiger partial charge is 0.416 e. The molecule has 6 nitrogen and oxygen atoms in total. The molecule has 0 amide bonds. The second kappa shape index (κ2) is 8.65. The summed E-state index contributed by atoms with van der Waals surface area (Å²) in [4.78, 5) is 0. The number of hydrogen-bond donors (Lipinski definition) is 1. The summed E-state index contributed by atoms with van der Waals surface area (Å²) >= 11 is 0. The zero-order chi connectivity index (χ0) is 24.5. The van der Waals surface area contributed by atoms with Gasteiger partial charge in [-0.25, -0.2) is 0 Å². The molecule has 2 aliphatic carbocycles. The van der Waals surface area contributed by atoms with Gasteiger partial charge in [-0.05, 0) is 61.1 Å². The molecule has 0 bridgehead atoms. The van der Waals surface area contributed by atoms with Crippen molar-refractivity contribution in [3.63, 3.8) is 0 Å². The Labute approximate surface area is 193 Å². The number of ether oxygens (including phenoxy) is 1. The fourth-order valence-corrected chi connectivity index (χ4v) is 4.73. The number of hydrogen-bond acceptors (Lipinski definition) is 6. The first-order valence-corrected chi connectivity index (χ1v) is 10.6. The minimum atomic E-state index is -4.49. The molecule has 0 aliphatic heterocycles. The number of halogens is 3. The van der Waals surface area contributed by atoms with Crippen LogP contribution in [0.3, 0.4) is 0 Å². The van der Waals surface area contributed by atoms with Gasteiger partial charge in [0, 0.05) is 0 Å². The third-order valence-electron chi connectivity index (χ3n) is 6.33. The predicted molar refractivity (Wildman–Crippen MR) is 113 cm³/mol. The number of alkyl halides is 3. The first kappa shape index (κ1) is 23.0. The summed E-state index contributed by atoms with van der Waals surface area (Å²) in [6.45, 7) is -0.151. The number of rotatable bonds is 4. The van der Waals surface area contributed by atoms with Gasteiger partial charge in [0.15, 0.2) is 5.41 Å². The Morgan fingerprint density at radius 3 is 2.59 bits per heavy atom. The van der Waals surface area contributed by atoms with Crippen molar-refractivity contribution in [2.75, 3.05) is 0 Å². The average molecular weight is 464 g/mol. The summed E-state index contributed by atoms with van der Waals surface area (Å²) in [7, 11) is 0. The van der Waals surface area contributed by atoms with E-state index in [0.717, 1.165) is 30.5 Å². The maximum Gasteiger partial charge on any atom is 0.416 e. The van der Waals surface area contributed by atoms with Crippen LogP contribution in [0.2, 0.25) is 0 Å². The van der Waals surface area contributed by atoms with E-state index in [2.05, 4.69) is 6.07 Å². The molecule has 0 spiro atoms. The van der Waals surface area contributed by atoms with Crippen molar-refractivity contribution in [2.24, 2.45) is 17.1 Å². The maximum atomic E-state index is 12.9. The van der Waals surface area contributed by atoms with Crippen molar-refractivity contribution >= 4 is 0 Å². The normalized spacial score (nSPS) is 21.5. The second-order valence-corrected chi connectivity index (χ2v) is 8.22. The molecule has 2 N–H and O–H groups in total. The molecule has 2 unspecified atom stereocenters. The Morgan fingerprint density at radius 2 is 1.91 bits per heavy atom. The number of benzene rings is 1. The number of allylic oxidation sites excluding steroid dienone is 4. The van der Waals surface area contributed by atoms with E-state index < -0.39 is 23.1 Å². The van der Waals surface area contributed by atoms with E-state index in [0.29, 0.717) is 17.9 Å². The molecule has 172 valence electrons. The van der Waals surface area contributed by atoms with Crippen LogP contribution < -0.4 is 10.5 Å². The Bertz CT molecular complexity index is 1290. The van der Waals surface area contributed by atoms with Crippen LogP contribution in [0.1, 0.15) is 42.3 Å². The molecule has 1 heterocycles. The average Bonchev–Trinajstić information content (AvgIpc) is 3.30. The molecule has 2 aliphatic rings. The van der Waals surface area contributed by atoms with Gasteiger partial charge in [0.1, 0.15) is 29.9 Å². The summed E-state index contributed by atoms with van der Waals surface area (Å²) in [6.07, 6.45) is -0.334. The Morgan fingerprint density at radius 1 is 1.15 bits per heavy atom. The van der Waals surface area contributed by atoms with E-state index in [1.807, 2.05) is 18.2 Å². The minimum absolute atomic E-state index is 0.0252. The highest BCUT2D eigenvalue weighted by atomic mass is 19.4. The topological polar surface area (TPSA) is 120 Å². The van der Waals surface area contributed by atoms with Crippen LogP contribution in [0, 0.1) is 45.3 Å². The summed E-state index contributed by atoms with van der Waals surface area (Å²) in [5, 5.41) is 29.7. The molecular weight excluding hydrogens is 445 g/mol. The van der Waals surface area contributed by atoms with Gasteiger partial charge in [0.05, 0.1) is 34.9 Å². The number of fused-ring (bicyclic) bond motifs is 1. The molecule has 0 saturated carbocycles. The van der Waals surface area contributed by atoms with Gasteiger partial charge in [-0.1, -0.05) is 12.1 Å². The minimum Gasteiger partial charge on any atom is -0.486 e. The van der Waals surface area contributed by atoms with Gasteiger partial charge in [0.25, 0.3) is 0 Å². The lowest BCUT2D eigenvalue weighted by Crippen LogP contribution is -2.42. The molecule has 0 radical (unpaired) electrons. The Balaban J connectivity index is 1.66. The quantitative estimate of drug-likeness (QED) is 0.641. The van der Waals surface area contributed by atoms with Crippen LogP contribution in [-0.2, 0) is 12.8 Å². The van der Waals surface area contributed by atoms with Gasteiger partial charge in [-0.15, -0.1) is 0 Å². The van der Waals surface area contributed by atoms with Gasteiger partial charge < -0.3 is 14.9 Å². The molecule has 2 aromatic rings. The van der Waals surface area contributed by atoms with Crippen LogP contribution in [0.25, 0.3) is 0 Å². The van der Waals surface area contributed by atoms with Gasteiger partial charge in [-0.2, -0.15) is 29.0 Å². The van der Waals surface area contributed by atoms with Crippen LogP contribution in [0.5, 0.6) is 5.75 Å². The first-order chi connectivity index (χ1) is 16.2. The van der Waals surface area contributed by atoms with Crippen molar-refractivity contribution in [1.29, 1.82) is 15.8 Å². The van der Waals surface area contributed by atoms with Gasteiger partial charge >= 0.3 is 6.18 Å². The number of nitriles is 3. The molecule has 9 heteroatoms. The number of nitrogens with two attached hydrogens (primary N) is 1. The third kappa shape index (κ3) is 3.78. The highest BCUT2D eigenvalue weighted by Crippen LogP contribution is 2.56. The zero-order valence-corrected chi connectivity index (χ0v) is 17.9. The predicted octanol–water partition coefficient (Wildman–Crippen LogP) is 5.47. The molecule has 0 fully saturated rings. The van der Waals surface area contributed by atoms with Crippen molar-refractivity contribution in [2.45, 2.75) is 38.0 Å². The largest absolute Gasteiger partial charge is 0.486 e. The lowest BCUT2D eigenvalue weighted by atomic mass is 9.58. The van der Waals surface area contributed by atoms with Gasteiger partial charge in [-0.3, -0.25) is 0 Å². The van der Waals surface area contributed by atoms with Crippen molar-refractivity contribution in [1.82, 2.24) is 0 Å². The monoisotopic (exact) mass is 464 g/mol. The van der Waals surface area contributed by atoms with Crippen LogP contribution in [0.4, 0.5) is 13.2 Å². The SMILES string of the molecule is N#CC1=C(N)C(C#N)(C#N)C(c2ccc(COc3cccc(C(F)(F)F)c3)o2)C2CCCC=C12. The van der Waals surface area contributed by atoms with Crippen LogP contribution in [-0.4, -0.2) is 0 Å². The van der Waals surface area contributed by atoms with E-state index in [1.165, 1.54) is 12.1 Å². The van der Waals surface area contributed by atoms with E-state index in [-0.39, 0.29) is 29.5 Å². The lowest BCUT2D eigenvalue weighted by molar-refractivity contribution is -0.137. The molecule has 1 aromatic carbocycles. The maximum absolute atomic E-state index is 12.9. The van der Waals surface area contributed by atoms with E-state index in [4.69, 9.17) is 14.9 Å². The molecule has 34 heavy (non-hydrogen) atoms. The van der Waals surface area contributed by atoms with Crippen molar-refractivity contribution in [3.8, 4) is 24.0 Å². The fourth-order valence-electron chi connectivity index (χ4n) is 4.73. The zero-order valence-electron chi connectivity index (χ0n) is 17.9. The molecule has 4 rings (SSSR count). The summed E-state index contributed by atoms with van der Waals surface area (Å²) < 4.78 is 50.2. The van der Waals surface area contributed by atoms with Crippen LogP contribution >= 0.6 is 0 Å². The highest BCUT2D eigenvalue weighted by molar-refractivity contribution is 5.58. The van der Waals surface area contributed by atoms with Crippen molar-refractivity contribution in [3.05, 3.63) is 76.4 Å².